The number of unbranched alkanes of at least 4 members (excludes halogenated alkanes) is 24. The molecule has 2 nitrogen and oxygen atoms in total. The lowest BCUT2D eigenvalue weighted by Gasteiger charge is -2.07. The fourth-order valence-corrected chi connectivity index (χ4v) is 6.35. The second-order valence-corrected chi connectivity index (χ2v) is 12.9. The number of aromatic nitrogens is 2. The maximum Gasteiger partial charge on any atom is 0.288 e. The van der Waals surface area contributed by atoms with Crippen molar-refractivity contribution in [3.8, 4) is 11.4 Å². The van der Waals surface area contributed by atoms with E-state index in [4.69, 9.17) is 0 Å². The van der Waals surface area contributed by atoms with Crippen molar-refractivity contribution in [3.05, 3.63) is 42.7 Å². The van der Waals surface area contributed by atoms with Gasteiger partial charge in [0.2, 0.25) is 0 Å². The molecule has 0 radical (unpaired) electrons. The lowest BCUT2D eigenvalue weighted by Crippen LogP contribution is -2.34. The smallest absolute Gasteiger partial charge is 0.230 e. The topological polar surface area (TPSA) is 8.81 Å². The maximum atomic E-state index is 2.52. The van der Waals surface area contributed by atoms with Crippen molar-refractivity contribution < 1.29 is 4.57 Å². The van der Waals surface area contributed by atoms with Crippen LogP contribution in [0.1, 0.15) is 181 Å². The quantitative estimate of drug-likeness (QED) is 0.0685. The van der Waals surface area contributed by atoms with Gasteiger partial charge < -0.3 is 0 Å². The molecule has 1 aromatic carbocycles. The second kappa shape index (κ2) is 26.1. The Balaban J connectivity index is 1.57. The van der Waals surface area contributed by atoms with Crippen molar-refractivity contribution in [3.63, 3.8) is 0 Å². The maximum absolute atomic E-state index is 2.52. The van der Waals surface area contributed by atoms with E-state index in [2.05, 4.69) is 65.7 Å². The summed E-state index contributed by atoms with van der Waals surface area (Å²) in [7, 11) is 0. The van der Waals surface area contributed by atoms with E-state index >= 15 is 0 Å². The van der Waals surface area contributed by atoms with E-state index in [1.54, 1.807) is 0 Å². The van der Waals surface area contributed by atoms with Crippen molar-refractivity contribution in [2.75, 3.05) is 0 Å². The van der Waals surface area contributed by atoms with Gasteiger partial charge in [0.1, 0.15) is 12.4 Å². The summed E-state index contributed by atoms with van der Waals surface area (Å²) < 4.78 is 5.05. The highest BCUT2D eigenvalue weighted by atomic mass is 15.1. The van der Waals surface area contributed by atoms with E-state index < -0.39 is 0 Å². The van der Waals surface area contributed by atoms with Gasteiger partial charge in [-0.2, -0.15) is 0 Å². The van der Waals surface area contributed by atoms with Crippen molar-refractivity contribution in [2.45, 2.75) is 194 Å². The van der Waals surface area contributed by atoms with Gasteiger partial charge in [0.25, 0.3) is 5.82 Å². The minimum absolute atomic E-state index is 1.15. The highest BCUT2D eigenvalue weighted by Crippen LogP contribution is 2.19. The zero-order valence-corrected chi connectivity index (χ0v) is 27.7. The highest BCUT2D eigenvalue weighted by molar-refractivity contribution is 5.52. The first-order valence-electron chi connectivity index (χ1n) is 18.5. The first-order valence-corrected chi connectivity index (χ1v) is 18.5. The molecule has 0 bridgehead atoms. The van der Waals surface area contributed by atoms with Crippen molar-refractivity contribution in [1.29, 1.82) is 0 Å². The molecule has 0 aliphatic rings. The molecule has 2 heteroatoms. The van der Waals surface area contributed by atoms with Crippen LogP contribution in [0.4, 0.5) is 0 Å². The standard InChI is InChI=1S/C39H69N2/c1-3-5-7-9-11-13-15-16-17-18-20-22-24-26-31-35-41-37-36-40(39(41)38-32-28-27-29-33-38)34-30-25-23-21-19-14-12-10-8-6-4-2/h27-29,32-33,36-37H,3-26,30-31,34-35H2,1-2H3/q+1. The molecule has 41 heavy (non-hydrogen) atoms. The molecule has 1 aromatic heterocycles. The number of hydrogen-bond acceptors (Lipinski definition) is 0. The van der Waals surface area contributed by atoms with Crippen LogP contribution >= 0.6 is 0 Å². The average Bonchev–Trinajstić information content (AvgIpc) is 3.40. The van der Waals surface area contributed by atoms with Crippen LogP contribution in [0.15, 0.2) is 42.7 Å². The Hall–Kier alpha value is -1.57. The number of hydrogen-bond donors (Lipinski definition) is 0. The van der Waals surface area contributed by atoms with Crippen LogP contribution in [0.25, 0.3) is 11.4 Å². The Labute approximate surface area is 256 Å². The lowest BCUT2D eigenvalue weighted by molar-refractivity contribution is -0.686. The second-order valence-electron chi connectivity index (χ2n) is 12.9. The predicted octanol–water partition coefficient (Wildman–Crippen LogP) is 12.6. The summed E-state index contributed by atoms with van der Waals surface area (Å²) in [6.45, 7) is 6.90. The molecular weight excluding hydrogens is 496 g/mol. The van der Waals surface area contributed by atoms with Gasteiger partial charge in [0.15, 0.2) is 0 Å². The average molecular weight is 566 g/mol. The Kier molecular flexibility index (Phi) is 22.7. The lowest BCUT2D eigenvalue weighted by atomic mass is 10.0. The molecule has 0 fully saturated rings. The molecule has 1 heterocycles. The van der Waals surface area contributed by atoms with Crippen molar-refractivity contribution in [1.82, 2.24) is 4.57 Å². The van der Waals surface area contributed by atoms with Crippen LogP contribution in [0.2, 0.25) is 0 Å². The van der Waals surface area contributed by atoms with E-state index in [-0.39, 0.29) is 0 Å². The summed E-state index contributed by atoms with van der Waals surface area (Å²) in [5, 5.41) is 0. The normalized spacial score (nSPS) is 11.5. The number of benzene rings is 1. The number of nitrogens with zero attached hydrogens (tertiary/aromatic N) is 2. The first kappa shape index (κ1) is 35.6. The molecule has 0 amide bonds. The summed E-state index contributed by atoms with van der Waals surface area (Å²) in [5.74, 6) is 1.41. The zero-order chi connectivity index (χ0) is 29.1. The van der Waals surface area contributed by atoms with Gasteiger partial charge in [0.05, 0.1) is 18.7 Å². The first-order chi connectivity index (χ1) is 20.4. The Bertz CT molecular complexity index is 808. The minimum atomic E-state index is 1.15. The van der Waals surface area contributed by atoms with E-state index in [1.807, 2.05) is 0 Å². The van der Waals surface area contributed by atoms with Gasteiger partial charge >= 0.3 is 0 Å². The van der Waals surface area contributed by atoms with Crippen LogP contribution in [-0.4, -0.2) is 4.57 Å². The van der Waals surface area contributed by atoms with Gasteiger partial charge in [-0.15, -0.1) is 0 Å². The minimum Gasteiger partial charge on any atom is -0.230 e. The van der Waals surface area contributed by atoms with Crippen molar-refractivity contribution in [2.24, 2.45) is 0 Å². The van der Waals surface area contributed by atoms with Crippen LogP contribution in [-0.2, 0) is 13.1 Å². The van der Waals surface area contributed by atoms with E-state index in [0.29, 0.717) is 0 Å². The molecule has 0 N–H and O–H groups in total. The number of imidazole rings is 1. The molecule has 0 atom stereocenters. The van der Waals surface area contributed by atoms with Gasteiger partial charge in [0, 0.05) is 0 Å². The molecular formula is C39H69N2+. The Morgan fingerprint density at radius 3 is 1.29 bits per heavy atom. The van der Waals surface area contributed by atoms with Crippen molar-refractivity contribution >= 4 is 0 Å². The summed E-state index contributed by atoms with van der Waals surface area (Å²) in [6, 6.07) is 11.1. The molecule has 0 unspecified atom stereocenters. The summed E-state index contributed by atoms with van der Waals surface area (Å²) in [4.78, 5) is 0. The monoisotopic (exact) mass is 566 g/mol. The van der Waals surface area contributed by atoms with Crippen LogP contribution in [0.5, 0.6) is 0 Å². The van der Waals surface area contributed by atoms with E-state index in [9.17, 15) is 0 Å². The fraction of sp³-hybridized carbons (Fsp3) is 0.769. The third-order valence-corrected chi connectivity index (χ3v) is 9.01. The van der Waals surface area contributed by atoms with Gasteiger partial charge in [-0.25, -0.2) is 9.13 Å². The Morgan fingerprint density at radius 1 is 0.463 bits per heavy atom. The third kappa shape index (κ3) is 17.9. The molecule has 0 spiro atoms. The highest BCUT2D eigenvalue weighted by Gasteiger charge is 2.18. The summed E-state index contributed by atoms with van der Waals surface area (Å²) >= 11 is 0. The van der Waals surface area contributed by atoms with E-state index in [1.165, 1.54) is 178 Å². The molecule has 2 aromatic rings. The van der Waals surface area contributed by atoms with Gasteiger partial charge in [-0.1, -0.05) is 173 Å². The SMILES string of the molecule is CCCCCCCCCCCCCCCCC[n+]1ccn(CCCCCCCCCCCCC)c1-c1ccccc1. The zero-order valence-electron chi connectivity index (χ0n) is 27.7. The molecule has 0 aliphatic carbocycles. The van der Waals surface area contributed by atoms with Crippen LogP contribution in [0, 0.1) is 0 Å². The molecule has 0 saturated carbocycles. The molecule has 234 valence electrons. The largest absolute Gasteiger partial charge is 0.288 e. The van der Waals surface area contributed by atoms with Gasteiger partial charge in [-0.3, -0.25) is 0 Å². The van der Waals surface area contributed by atoms with Crippen LogP contribution < -0.4 is 4.57 Å². The van der Waals surface area contributed by atoms with E-state index in [0.717, 1.165) is 13.1 Å². The van der Waals surface area contributed by atoms with Gasteiger partial charge in [-0.05, 0) is 37.8 Å². The summed E-state index contributed by atoms with van der Waals surface area (Å²) in [5.41, 5.74) is 1.36. The van der Waals surface area contributed by atoms with Crippen LogP contribution in [0.3, 0.4) is 0 Å². The molecule has 0 saturated heterocycles. The Morgan fingerprint density at radius 2 is 0.854 bits per heavy atom. The third-order valence-electron chi connectivity index (χ3n) is 9.01. The number of rotatable bonds is 29. The molecule has 2 rings (SSSR count). The number of aryl methyl sites for hydroxylation is 2. The summed E-state index contributed by atoms with van der Waals surface area (Å²) in [6.07, 6.45) is 41.5. The predicted molar refractivity (Wildman–Crippen MR) is 181 cm³/mol. The fourth-order valence-electron chi connectivity index (χ4n) is 6.35. The molecule has 0 aliphatic heterocycles.